The normalized spacial score (nSPS) is 20.3. The highest BCUT2D eigenvalue weighted by Gasteiger charge is 2.27. The average Bonchev–Trinajstić information content (AvgIpc) is 2.78. The Morgan fingerprint density at radius 2 is 2.10 bits per heavy atom. The van der Waals surface area contributed by atoms with E-state index in [1.54, 1.807) is 12.1 Å². The second-order valence-corrected chi connectivity index (χ2v) is 7.77. The minimum Gasteiger partial charge on any atom is -0.508 e. The molecule has 5 nitrogen and oxygen atoms in total. The Bertz CT molecular complexity index is 597. The van der Waals surface area contributed by atoms with Gasteiger partial charge in [-0.15, -0.1) is 0 Å². The molecule has 1 amide bonds. The monoisotopic (exact) mass is 311 g/mol. The van der Waals surface area contributed by atoms with Gasteiger partial charge in [0.25, 0.3) is 0 Å². The summed E-state index contributed by atoms with van der Waals surface area (Å²) >= 11 is 0. The third-order valence-corrected chi connectivity index (χ3v) is 5.65. The van der Waals surface area contributed by atoms with E-state index in [0.717, 1.165) is 5.56 Å². The van der Waals surface area contributed by atoms with E-state index in [-0.39, 0.29) is 29.1 Å². The van der Waals surface area contributed by atoms with Crippen molar-refractivity contribution < 1.29 is 18.3 Å². The van der Waals surface area contributed by atoms with Crippen molar-refractivity contribution in [2.45, 2.75) is 25.7 Å². The van der Waals surface area contributed by atoms with E-state index in [2.05, 4.69) is 5.32 Å². The van der Waals surface area contributed by atoms with Gasteiger partial charge in [0.05, 0.1) is 11.5 Å². The molecule has 6 heteroatoms. The third kappa shape index (κ3) is 5.04. The summed E-state index contributed by atoms with van der Waals surface area (Å²) in [6.07, 6.45) is 2.24. The maximum atomic E-state index is 11.7. The number of sulfone groups is 1. The predicted octanol–water partition coefficient (Wildman–Crippen LogP) is 1.27. The first kappa shape index (κ1) is 15.8. The highest BCUT2D eigenvalue weighted by atomic mass is 32.2. The highest BCUT2D eigenvalue weighted by molar-refractivity contribution is 7.91. The molecule has 1 aromatic rings. The van der Waals surface area contributed by atoms with Crippen LogP contribution in [-0.2, 0) is 21.1 Å². The van der Waals surface area contributed by atoms with E-state index in [1.165, 1.54) is 0 Å². The Kier molecular flexibility index (Phi) is 5.22. The molecule has 0 aromatic heterocycles. The van der Waals surface area contributed by atoms with Crippen LogP contribution < -0.4 is 5.32 Å². The molecule has 1 atom stereocenters. The van der Waals surface area contributed by atoms with E-state index in [4.69, 9.17) is 0 Å². The highest BCUT2D eigenvalue weighted by Crippen LogP contribution is 2.22. The second kappa shape index (κ2) is 6.93. The molecule has 0 bridgehead atoms. The van der Waals surface area contributed by atoms with Gasteiger partial charge >= 0.3 is 0 Å². The lowest BCUT2D eigenvalue weighted by molar-refractivity contribution is -0.121. The van der Waals surface area contributed by atoms with Gasteiger partial charge in [-0.05, 0) is 36.8 Å². The number of phenolic OH excluding ortho intramolecular Hbond substituents is 1. The van der Waals surface area contributed by atoms with Crippen molar-refractivity contribution in [3.8, 4) is 5.75 Å². The molecule has 0 saturated carbocycles. The molecular weight excluding hydrogens is 290 g/mol. The summed E-state index contributed by atoms with van der Waals surface area (Å²) in [6.45, 7) is 0.472. The number of benzene rings is 1. The number of nitrogens with one attached hydrogen (secondary N) is 1. The largest absolute Gasteiger partial charge is 0.508 e. The Hall–Kier alpha value is -1.56. The summed E-state index contributed by atoms with van der Waals surface area (Å²) in [4.78, 5) is 11.7. The molecule has 1 fully saturated rings. The molecule has 116 valence electrons. The number of para-hydroxylation sites is 1. The molecule has 2 rings (SSSR count). The molecule has 0 aliphatic carbocycles. The molecule has 1 aromatic carbocycles. The summed E-state index contributed by atoms with van der Waals surface area (Å²) in [5.74, 6) is 0.779. The van der Waals surface area contributed by atoms with Gasteiger partial charge in [0.1, 0.15) is 5.75 Å². The maximum absolute atomic E-state index is 11.7. The Morgan fingerprint density at radius 3 is 2.76 bits per heavy atom. The molecule has 2 N–H and O–H groups in total. The molecular formula is C15H21NO4S. The minimum atomic E-state index is -2.86. The number of carbonyl (C=O) groups excluding carboxylic acids is 1. The molecule has 1 saturated heterocycles. The zero-order valence-electron chi connectivity index (χ0n) is 11.9. The Morgan fingerprint density at radius 1 is 1.33 bits per heavy atom. The van der Waals surface area contributed by atoms with Gasteiger partial charge in [0, 0.05) is 13.0 Å². The first-order valence-electron chi connectivity index (χ1n) is 7.20. The molecule has 1 unspecified atom stereocenters. The predicted molar refractivity (Wildman–Crippen MR) is 80.8 cm³/mol. The summed E-state index contributed by atoms with van der Waals surface area (Å²) in [7, 11) is -2.86. The van der Waals surface area contributed by atoms with Crippen molar-refractivity contribution in [2.24, 2.45) is 5.92 Å². The number of carbonyl (C=O) groups is 1. The van der Waals surface area contributed by atoms with Crippen molar-refractivity contribution >= 4 is 15.7 Å². The fraction of sp³-hybridized carbons (Fsp3) is 0.533. The lowest BCUT2D eigenvalue weighted by Gasteiger charge is -2.09. The lowest BCUT2D eigenvalue weighted by Crippen LogP contribution is -2.26. The van der Waals surface area contributed by atoms with Gasteiger partial charge in [-0.25, -0.2) is 8.42 Å². The fourth-order valence-corrected chi connectivity index (χ4v) is 4.49. The van der Waals surface area contributed by atoms with E-state index in [1.807, 2.05) is 12.1 Å². The summed E-state index contributed by atoms with van der Waals surface area (Å²) in [6, 6.07) is 7.05. The van der Waals surface area contributed by atoms with Crippen LogP contribution in [0.15, 0.2) is 24.3 Å². The smallest absolute Gasteiger partial charge is 0.220 e. The summed E-state index contributed by atoms with van der Waals surface area (Å²) < 4.78 is 22.6. The van der Waals surface area contributed by atoms with E-state index in [0.29, 0.717) is 32.2 Å². The lowest BCUT2D eigenvalue weighted by atomic mass is 10.0. The number of hydrogen-bond acceptors (Lipinski definition) is 4. The number of rotatable bonds is 6. The molecule has 1 aliphatic heterocycles. The Balaban J connectivity index is 1.65. The van der Waals surface area contributed by atoms with Gasteiger partial charge in [-0.2, -0.15) is 0 Å². The number of phenols is 1. The van der Waals surface area contributed by atoms with Crippen molar-refractivity contribution in [3.63, 3.8) is 0 Å². The van der Waals surface area contributed by atoms with Crippen molar-refractivity contribution in [1.29, 1.82) is 0 Å². The molecule has 1 heterocycles. The molecule has 0 spiro atoms. The second-order valence-electron chi connectivity index (χ2n) is 5.54. The zero-order chi connectivity index (χ0) is 15.3. The topological polar surface area (TPSA) is 83.5 Å². The standard InChI is InChI=1S/C15H21NO4S/c17-14-4-2-1-3-13(14)7-9-16-15(18)6-5-12-8-10-21(19,20)11-12/h1-4,12,17H,5-11H2,(H,16,18). The molecule has 1 aliphatic rings. The van der Waals surface area contributed by atoms with Gasteiger partial charge in [-0.1, -0.05) is 18.2 Å². The summed E-state index contributed by atoms with van der Waals surface area (Å²) in [5, 5.41) is 12.4. The van der Waals surface area contributed by atoms with Crippen molar-refractivity contribution in [2.75, 3.05) is 18.1 Å². The van der Waals surface area contributed by atoms with Crippen LogP contribution in [0.3, 0.4) is 0 Å². The van der Waals surface area contributed by atoms with Crippen molar-refractivity contribution in [3.05, 3.63) is 29.8 Å². The maximum Gasteiger partial charge on any atom is 0.220 e. The zero-order valence-corrected chi connectivity index (χ0v) is 12.7. The van der Waals surface area contributed by atoms with E-state index >= 15 is 0 Å². The quantitative estimate of drug-likeness (QED) is 0.828. The van der Waals surface area contributed by atoms with Crippen LogP contribution in [0, 0.1) is 5.92 Å². The van der Waals surface area contributed by atoms with Crippen LogP contribution in [0.5, 0.6) is 5.75 Å². The summed E-state index contributed by atoms with van der Waals surface area (Å²) in [5.41, 5.74) is 0.805. The van der Waals surface area contributed by atoms with Crippen LogP contribution >= 0.6 is 0 Å². The number of amides is 1. The minimum absolute atomic E-state index is 0.0604. The van der Waals surface area contributed by atoms with Gasteiger partial charge in [-0.3, -0.25) is 4.79 Å². The van der Waals surface area contributed by atoms with Crippen LogP contribution in [0.1, 0.15) is 24.8 Å². The van der Waals surface area contributed by atoms with E-state index < -0.39 is 9.84 Å². The van der Waals surface area contributed by atoms with Gasteiger partial charge in [0.15, 0.2) is 9.84 Å². The van der Waals surface area contributed by atoms with Crippen LogP contribution in [0.2, 0.25) is 0 Å². The fourth-order valence-electron chi connectivity index (χ4n) is 2.58. The van der Waals surface area contributed by atoms with Gasteiger partial charge in [0.2, 0.25) is 5.91 Å². The molecule has 0 radical (unpaired) electrons. The van der Waals surface area contributed by atoms with Crippen LogP contribution in [-0.4, -0.2) is 37.5 Å². The van der Waals surface area contributed by atoms with E-state index in [9.17, 15) is 18.3 Å². The van der Waals surface area contributed by atoms with Crippen molar-refractivity contribution in [1.82, 2.24) is 5.32 Å². The molecule has 21 heavy (non-hydrogen) atoms. The first-order chi connectivity index (χ1) is 9.96. The SMILES string of the molecule is O=C(CCC1CCS(=O)(=O)C1)NCCc1ccccc1O. The first-order valence-corrected chi connectivity index (χ1v) is 9.02. The number of hydrogen-bond donors (Lipinski definition) is 2. The Labute approximate surface area is 125 Å². The average molecular weight is 311 g/mol. The van der Waals surface area contributed by atoms with Gasteiger partial charge < -0.3 is 10.4 Å². The van der Waals surface area contributed by atoms with Crippen LogP contribution in [0.4, 0.5) is 0 Å². The third-order valence-electron chi connectivity index (χ3n) is 3.81. The number of aromatic hydroxyl groups is 1. The van der Waals surface area contributed by atoms with Crippen LogP contribution in [0.25, 0.3) is 0 Å².